The molecule has 11 nitrogen and oxygen atoms in total. The summed E-state index contributed by atoms with van der Waals surface area (Å²) in [5.74, 6) is -0.502. The van der Waals surface area contributed by atoms with E-state index in [0.717, 1.165) is 44.0 Å². The van der Waals surface area contributed by atoms with Crippen molar-refractivity contribution in [3.63, 3.8) is 0 Å². The molecule has 0 radical (unpaired) electrons. The summed E-state index contributed by atoms with van der Waals surface area (Å²) in [5, 5.41) is 29.9. The molecule has 2 amide bonds. The number of anilines is 1. The molecule has 0 unspecified atom stereocenters. The van der Waals surface area contributed by atoms with Crippen molar-refractivity contribution in [3.05, 3.63) is 47.8 Å². The van der Waals surface area contributed by atoms with Crippen LogP contribution in [0.5, 0.6) is 0 Å². The van der Waals surface area contributed by atoms with Crippen LogP contribution < -0.4 is 10.6 Å². The van der Waals surface area contributed by atoms with Gasteiger partial charge in [-0.25, -0.2) is 13.7 Å². The summed E-state index contributed by atoms with van der Waals surface area (Å²) in [7, 11) is 0. The first-order chi connectivity index (χ1) is 20.0. The minimum atomic E-state index is -1.65. The van der Waals surface area contributed by atoms with Crippen LogP contribution in [0.1, 0.15) is 68.3 Å². The van der Waals surface area contributed by atoms with Crippen LogP contribution in [-0.4, -0.2) is 79.2 Å². The summed E-state index contributed by atoms with van der Waals surface area (Å²) in [6.07, 6.45) is 6.01. The molecule has 7 rings (SSSR count). The van der Waals surface area contributed by atoms with E-state index >= 15 is 0 Å². The topological polar surface area (TPSA) is 145 Å². The van der Waals surface area contributed by atoms with E-state index in [1.807, 2.05) is 23.1 Å². The molecular weight excluding hydrogens is 541 g/mol. The summed E-state index contributed by atoms with van der Waals surface area (Å²) in [4.78, 5) is 32.2. The average molecular weight is 576 g/mol. The fraction of sp³-hybridized carbons (Fsp3) is 0.500. The number of nitrogens with zero attached hydrogens (tertiary/aromatic N) is 5. The number of pyridine rings is 1. The molecule has 0 spiro atoms. The third-order valence-corrected chi connectivity index (χ3v) is 9.19. The molecule has 1 aliphatic heterocycles. The molecule has 3 aromatic rings. The largest absolute Gasteiger partial charge is 0.448 e. The van der Waals surface area contributed by atoms with Crippen molar-refractivity contribution in [2.75, 3.05) is 25.0 Å². The summed E-state index contributed by atoms with van der Waals surface area (Å²) < 4.78 is 21.4. The summed E-state index contributed by atoms with van der Waals surface area (Å²) >= 11 is 0. The predicted molar refractivity (Wildman–Crippen MR) is 152 cm³/mol. The minimum absolute atomic E-state index is 0.188. The Bertz CT molecular complexity index is 1570. The number of carbonyl (C=O) groups is 2. The minimum Gasteiger partial charge on any atom is -0.448 e. The maximum Gasteiger partial charge on any atom is 0.410 e. The van der Waals surface area contributed by atoms with Gasteiger partial charge < -0.3 is 20.5 Å². The van der Waals surface area contributed by atoms with Crippen molar-refractivity contribution in [1.82, 2.24) is 24.8 Å². The maximum atomic E-state index is 14.5. The Morgan fingerprint density at radius 2 is 1.95 bits per heavy atom. The molecule has 4 fully saturated rings. The molecule has 3 N–H and O–H groups in total. The number of amides is 2. The van der Waals surface area contributed by atoms with Crippen LogP contribution in [-0.2, 0) is 4.74 Å². The van der Waals surface area contributed by atoms with E-state index in [4.69, 9.17) is 4.74 Å². The van der Waals surface area contributed by atoms with Gasteiger partial charge in [0, 0.05) is 17.3 Å². The summed E-state index contributed by atoms with van der Waals surface area (Å²) in [6, 6.07) is 9.34. The van der Waals surface area contributed by atoms with Crippen molar-refractivity contribution >= 4 is 23.2 Å². The van der Waals surface area contributed by atoms with E-state index < -0.39 is 17.7 Å². The monoisotopic (exact) mass is 575 g/mol. The van der Waals surface area contributed by atoms with Crippen LogP contribution in [0.15, 0.2) is 36.7 Å². The number of fused-ring (bicyclic) bond motifs is 4. The number of rotatable bonds is 8. The third-order valence-electron chi connectivity index (χ3n) is 9.19. The molecule has 12 heteroatoms. The molecule has 1 atom stereocenters. The van der Waals surface area contributed by atoms with E-state index in [0.29, 0.717) is 35.8 Å². The second kappa shape index (κ2) is 10.2. The molecular formula is C30H34FN7O4. The Morgan fingerprint density at radius 1 is 1.21 bits per heavy atom. The van der Waals surface area contributed by atoms with Crippen molar-refractivity contribution < 1.29 is 23.8 Å². The van der Waals surface area contributed by atoms with Gasteiger partial charge in [0.25, 0.3) is 5.91 Å². The highest BCUT2D eigenvalue weighted by Crippen LogP contribution is 2.52. The fourth-order valence-corrected chi connectivity index (χ4v) is 6.53. The summed E-state index contributed by atoms with van der Waals surface area (Å²) in [6.45, 7) is 3.41. The van der Waals surface area contributed by atoms with Gasteiger partial charge in [0.2, 0.25) is 0 Å². The van der Waals surface area contributed by atoms with E-state index in [9.17, 15) is 24.3 Å². The Hall–Kier alpha value is -4.24. The fourth-order valence-electron chi connectivity index (χ4n) is 6.53. The zero-order chi connectivity index (χ0) is 29.7. The number of hydrogen-bond donors (Lipinski definition) is 3. The van der Waals surface area contributed by atoms with Crippen LogP contribution in [0.4, 0.5) is 14.9 Å². The van der Waals surface area contributed by atoms with Crippen LogP contribution in [0.2, 0.25) is 0 Å². The maximum absolute atomic E-state index is 14.5. The van der Waals surface area contributed by atoms with Gasteiger partial charge in [0.1, 0.15) is 18.8 Å². The number of nitriles is 1. The Labute approximate surface area is 242 Å². The number of aliphatic hydroxyl groups is 1. The summed E-state index contributed by atoms with van der Waals surface area (Å²) in [5.41, 5.74) is 1.20. The van der Waals surface area contributed by atoms with Crippen molar-refractivity contribution in [3.8, 4) is 17.5 Å². The number of aromatic nitrogens is 3. The Balaban J connectivity index is 1.31. The van der Waals surface area contributed by atoms with Gasteiger partial charge in [-0.1, -0.05) is 0 Å². The lowest BCUT2D eigenvalue weighted by Gasteiger charge is -2.56. The van der Waals surface area contributed by atoms with E-state index in [1.54, 1.807) is 10.6 Å². The number of alkyl halides is 1. The zero-order valence-corrected chi connectivity index (χ0v) is 23.7. The lowest BCUT2D eigenvalue weighted by molar-refractivity contribution is -0.00179. The number of carbonyl (C=O) groups excluding carboxylic acids is 2. The first-order valence-corrected chi connectivity index (χ1v) is 14.3. The number of hydrogen-bond acceptors (Lipinski definition) is 8. The first kappa shape index (κ1) is 27.9. The number of nitrogens with one attached hydrogen (secondary N) is 2. The molecule has 220 valence electrons. The van der Waals surface area contributed by atoms with E-state index in [-0.39, 0.29) is 29.3 Å². The second-order valence-electron chi connectivity index (χ2n) is 12.3. The third kappa shape index (κ3) is 4.91. The Kier molecular flexibility index (Phi) is 6.80. The van der Waals surface area contributed by atoms with Gasteiger partial charge in [-0.15, -0.1) is 0 Å². The predicted octanol–water partition coefficient (Wildman–Crippen LogP) is 3.82. The highest BCUT2D eigenvalue weighted by Gasteiger charge is 2.54. The van der Waals surface area contributed by atoms with E-state index in [2.05, 4.69) is 26.8 Å². The van der Waals surface area contributed by atoms with Gasteiger partial charge in [0.05, 0.1) is 58.6 Å². The lowest BCUT2D eigenvalue weighted by atomic mass is 9.60. The molecule has 2 bridgehead atoms. The van der Waals surface area contributed by atoms with Crippen LogP contribution in [0.3, 0.4) is 0 Å². The van der Waals surface area contributed by atoms with Gasteiger partial charge in [0.15, 0.2) is 0 Å². The highest BCUT2D eigenvalue weighted by atomic mass is 19.1. The second-order valence-corrected chi connectivity index (χ2v) is 12.3. The molecule has 4 heterocycles. The van der Waals surface area contributed by atoms with E-state index in [1.165, 1.54) is 26.2 Å². The van der Waals surface area contributed by atoms with Crippen molar-refractivity contribution in [2.24, 2.45) is 0 Å². The molecule has 1 saturated heterocycles. The zero-order valence-electron chi connectivity index (χ0n) is 23.7. The smallest absolute Gasteiger partial charge is 0.410 e. The highest BCUT2D eigenvalue weighted by molar-refractivity contribution is 6.00. The van der Waals surface area contributed by atoms with Crippen LogP contribution in [0.25, 0.3) is 16.9 Å². The lowest BCUT2D eigenvalue weighted by Crippen LogP contribution is -2.61. The van der Waals surface area contributed by atoms with Gasteiger partial charge >= 0.3 is 6.09 Å². The molecule has 3 saturated carbocycles. The van der Waals surface area contributed by atoms with Gasteiger partial charge in [-0.3, -0.25) is 14.7 Å². The Morgan fingerprint density at radius 3 is 2.60 bits per heavy atom. The number of cyclic esters (lactones) is 1. The normalized spacial score (nSPS) is 24.4. The van der Waals surface area contributed by atoms with Crippen molar-refractivity contribution in [1.29, 1.82) is 5.26 Å². The average Bonchev–Trinajstić information content (AvgIpc) is 3.62. The molecule has 42 heavy (non-hydrogen) atoms. The van der Waals surface area contributed by atoms with Gasteiger partial charge in [-0.2, -0.15) is 10.4 Å². The molecule has 0 aromatic carbocycles. The molecule has 3 aromatic heterocycles. The van der Waals surface area contributed by atoms with Crippen LogP contribution in [0, 0.1) is 11.3 Å². The number of halogens is 1. The first-order valence-electron chi connectivity index (χ1n) is 14.3. The van der Waals surface area contributed by atoms with Crippen molar-refractivity contribution in [2.45, 2.75) is 75.2 Å². The quantitative estimate of drug-likeness (QED) is 0.368. The SMILES string of the molecule is CC(C)(O)[C@H](F)CNC(=O)c1cnc(-c2ccc3cc(C#N)cnn23)cc1NC12CCC(N3CCOC3=O)(CC1)CC2. The molecule has 4 aliphatic rings. The molecule has 3 aliphatic carbocycles. The van der Waals surface area contributed by atoms with Gasteiger partial charge in [-0.05, 0) is 76.6 Å². The van der Waals surface area contributed by atoms with Crippen LogP contribution >= 0.6 is 0 Å². The standard InChI is InChI=1S/C30H34FN7O4/c1-28(2,41)25(31)18-34-26(39)21-17-33-23(24-4-3-20-13-19(15-32)16-35-38(20)24)14-22(21)36-29-5-8-30(9-6-29,10-7-29)37-11-12-42-27(37)40/h3-4,13-14,16-17,25,41H,5-12,18H2,1-2H3,(H,33,36)(H,34,39)/t25-,29?,30?/m1/s1. The number of ether oxygens (including phenoxy) is 1.